The summed E-state index contributed by atoms with van der Waals surface area (Å²) in [5.74, 6) is 0.249. The molecular weight excluding hydrogens is 469 g/mol. The Morgan fingerprint density at radius 2 is 1.94 bits per heavy atom. The van der Waals surface area contributed by atoms with Crippen molar-refractivity contribution in [2.45, 2.75) is 57.8 Å². The van der Waals surface area contributed by atoms with E-state index in [1.807, 2.05) is 18.5 Å². The van der Waals surface area contributed by atoms with E-state index in [0.29, 0.717) is 10.0 Å². The Bertz CT molecular complexity index is 1210. The zero-order valence-corrected chi connectivity index (χ0v) is 21.4. The lowest BCUT2D eigenvalue weighted by atomic mass is 10.0. The summed E-state index contributed by atoms with van der Waals surface area (Å²) >= 11 is 12.6. The summed E-state index contributed by atoms with van der Waals surface area (Å²) in [5, 5.41) is 4.63. The molecule has 1 amide bonds. The number of rotatable bonds is 4. The SMILES string of the molecule is CC(c1ccc(Cl)cc1Cl)n1cnc2ccc(N3C[C@@H](C)N(C(=O)[C@H]4CCCN4)C[C@@H]3C)cc21. The molecule has 1 unspecified atom stereocenters. The summed E-state index contributed by atoms with van der Waals surface area (Å²) < 4.78 is 2.16. The summed E-state index contributed by atoms with van der Waals surface area (Å²) in [6.45, 7) is 8.94. The predicted molar refractivity (Wildman–Crippen MR) is 139 cm³/mol. The summed E-state index contributed by atoms with van der Waals surface area (Å²) in [7, 11) is 0. The van der Waals surface area contributed by atoms with Crippen LogP contribution in [0, 0.1) is 0 Å². The lowest BCUT2D eigenvalue weighted by Gasteiger charge is -2.46. The molecule has 0 radical (unpaired) electrons. The Hall–Kier alpha value is -2.28. The van der Waals surface area contributed by atoms with E-state index in [-0.39, 0.29) is 30.1 Å². The van der Waals surface area contributed by atoms with Gasteiger partial charge in [-0.25, -0.2) is 4.98 Å². The summed E-state index contributed by atoms with van der Waals surface area (Å²) in [6, 6.07) is 12.4. The highest BCUT2D eigenvalue weighted by molar-refractivity contribution is 6.35. The first-order chi connectivity index (χ1) is 16.3. The van der Waals surface area contributed by atoms with Crippen LogP contribution in [0.1, 0.15) is 45.2 Å². The molecule has 5 rings (SSSR count). The van der Waals surface area contributed by atoms with Gasteiger partial charge in [0.25, 0.3) is 0 Å². The van der Waals surface area contributed by atoms with Crippen LogP contribution in [0.25, 0.3) is 11.0 Å². The molecule has 6 nitrogen and oxygen atoms in total. The molecular formula is C26H31Cl2N5O. The fraction of sp³-hybridized carbons (Fsp3) is 0.462. The van der Waals surface area contributed by atoms with Gasteiger partial charge in [-0.1, -0.05) is 29.3 Å². The van der Waals surface area contributed by atoms with E-state index in [0.717, 1.165) is 54.8 Å². The number of imidazole rings is 1. The molecule has 4 atom stereocenters. The van der Waals surface area contributed by atoms with Crippen molar-refractivity contribution in [2.24, 2.45) is 0 Å². The highest BCUT2D eigenvalue weighted by Gasteiger charge is 2.36. The Labute approximate surface area is 210 Å². The van der Waals surface area contributed by atoms with Crippen LogP contribution in [0.5, 0.6) is 0 Å². The molecule has 0 bridgehead atoms. The first-order valence-corrected chi connectivity index (χ1v) is 12.8. The second kappa shape index (κ2) is 9.40. The number of nitrogens with one attached hydrogen (secondary N) is 1. The highest BCUT2D eigenvalue weighted by Crippen LogP contribution is 2.33. The van der Waals surface area contributed by atoms with Crippen molar-refractivity contribution < 1.29 is 4.79 Å². The molecule has 2 fully saturated rings. The molecule has 34 heavy (non-hydrogen) atoms. The maximum absolute atomic E-state index is 13.1. The predicted octanol–water partition coefficient (Wildman–Crippen LogP) is 5.13. The van der Waals surface area contributed by atoms with Crippen LogP contribution in [0.15, 0.2) is 42.7 Å². The monoisotopic (exact) mass is 499 g/mol. The van der Waals surface area contributed by atoms with E-state index in [4.69, 9.17) is 23.2 Å². The average molecular weight is 500 g/mol. The molecule has 3 heterocycles. The number of piperazine rings is 1. The third kappa shape index (κ3) is 4.28. The Morgan fingerprint density at radius 3 is 2.68 bits per heavy atom. The second-order valence-corrected chi connectivity index (χ2v) is 10.5. The van der Waals surface area contributed by atoms with Crippen molar-refractivity contribution in [3.8, 4) is 0 Å². The smallest absolute Gasteiger partial charge is 0.240 e. The molecule has 2 saturated heterocycles. The number of carbonyl (C=O) groups excluding carboxylic acids is 1. The fourth-order valence-corrected chi connectivity index (χ4v) is 5.95. The van der Waals surface area contributed by atoms with E-state index in [2.05, 4.69) is 63.6 Å². The van der Waals surface area contributed by atoms with Crippen molar-refractivity contribution in [1.29, 1.82) is 0 Å². The first kappa shape index (κ1) is 23.5. The van der Waals surface area contributed by atoms with Crippen molar-refractivity contribution in [3.05, 3.63) is 58.3 Å². The molecule has 0 aliphatic carbocycles. The highest BCUT2D eigenvalue weighted by atomic mass is 35.5. The van der Waals surface area contributed by atoms with Gasteiger partial charge >= 0.3 is 0 Å². The van der Waals surface area contributed by atoms with Crippen molar-refractivity contribution in [1.82, 2.24) is 19.8 Å². The van der Waals surface area contributed by atoms with Crippen molar-refractivity contribution in [3.63, 3.8) is 0 Å². The van der Waals surface area contributed by atoms with E-state index in [1.165, 1.54) is 0 Å². The lowest BCUT2D eigenvalue weighted by molar-refractivity contribution is -0.136. The summed E-state index contributed by atoms with van der Waals surface area (Å²) in [5.41, 5.74) is 4.16. The Balaban J connectivity index is 1.41. The zero-order valence-electron chi connectivity index (χ0n) is 19.8. The van der Waals surface area contributed by atoms with Crippen LogP contribution in [0.2, 0.25) is 10.0 Å². The van der Waals surface area contributed by atoms with E-state index in [1.54, 1.807) is 6.07 Å². The average Bonchev–Trinajstić information content (AvgIpc) is 3.49. The largest absolute Gasteiger partial charge is 0.365 e. The van der Waals surface area contributed by atoms with Crippen LogP contribution in [-0.4, -0.2) is 58.1 Å². The fourth-order valence-electron chi connectivity index (χ4n) is 5.38. The van der Waals surface area contributed by atoms with Gasteiger partial charge in [0.2, 0.25) is 5.91 Å². The lowest BCUT2D eigenvalue weighted by Crippen LogP contribution is -2.60. The van der Waals surface area contributed by atoms with Gasteiger partial charge in [-0.05, 0) is 76.1 Å². The van der Waals surface area contributed by atoms with Crippen LogP contribution in [0.3, 0.4) is 0 Å². The Morgan fingerprint density at radius 1 is 1.12 bits per heavy atom. The van der Waals surface area contributed by atoms with Gasteiger partial charge in [-0.15, -0.1) is 0 Å². The Kier molecular flexibility index (Phi) is 6.49. The number of hydrogen-bond acceptors (Lipinski definition) is 4. The van der Waals surface area contributed by atoms with E-state index >= 15 is 0 Å². The van der Waals surface area contributed by atoms with Gasteiger partial charge in [0.1, 0.15) is 0 Å². The van der Waals surface area contributed by atoms with Gasteiger partial charge in [0.15, 0.2) is 0 Å². The normalized spacial score (nSPS) is 24.1. The molecule has 3 aromatic rings. The van der Waals surface area contributed by atoms with Gasteiger partial charge in [0.05, 0.1) is 29.4 Å². The number of hydrogen-bond donors (Lipinski definition) is 1. The topological polar surface area (TPSA) is 53.4 Å². The number of fused-ring (bicyclic) bond motifs is 1. The van der Waals surface area contributed by atoms with Gasteiger partial charge in [-0.2, -0.15) is 0 Å². The van der Waals surface area contributed by atoms with Crippen molar-refractivity contribution >= 4 is 45.8 Å². The molecule has 1 N–H and O–H groups in total. The van der Waals surface area contributed by atoms with Crippen LogP contribution in [-0.2, 0) is 4.79 Å². The van der Waals surface area contributed by atoms with E-state index < -0.39 is 0 Å². The number of aromatic nitrogens is 2. The number of benzene rings is 2. The molecule has 8 heteroatoms. The minimum Gasteiger partial charge on any atom is -0.365 e. The minimum absolute atomic E-state index is 0.00902. The standard InChI is InChI=1S/C26H31Cl2N5O/c1-16-14-32(26(34)24-5-4-10-29-24)17(2)13-31(16)20-7-9-23-25(12-20)33(15-30-23)18(3)21-8-6-19(27)11-22(21)28/h6-9,11-12,15-18,24,29H,4-5,10,13-14H2,1-3H3/t16-,17+,18?,24+/m0/s1. The van der Waals surface area contributed by atoms with Crippen molar-refractivity contribution in [2.75, 3.05) is 24.5 Å². The van der Waals surface area contributed by atoms with Crippen LogP contribution < -0.4 is 10.2 Å². The van der Waals surface area contributed by atoms with Crippen LogP contribution in [0.4, 0.5) is 5.69 Å². The molecule has 2 aliphatic heterocycles. The number of nitrogens with zero attached hydrogens (tertiary/aromatic N) is 4. The molecule has 0 saturated carbocycles. The van der Waals surface area contributed by atoms with Gasteiger partial charge in [0, 0.05) is 40.9 Å². The van der Waals surface area contributed by atoms with Crippen LogP contribution >= 0.6 is 23.2 Å². The molecule has 0 spiro atoms. The maximum Gasteiger partial charge on any atom is 0.240 e. The number of amides is 1. The number of carbonyl (C=O) groups is 1. The number of halogens is 2. The summed E-state index contributed by atoms with van der Waals surface area (Å²) in [4.78, 5) is 22.2. The summed E-state index contributed by atoms with van der Waals surface area (Å²) in [6.07, 6.45) is 3.89. The van der Waals surface area contributed by atoms with E-state index in [9.17, 15) is 4.79 Å². The second-order valence-electron chi connectivity index (χ2n) is 9.66. The molecule has 180 valence electrons. The van der Waals surface area contributed by atoms with Gasteiger partial charge in [-0.3, -0.25) is 4.79 Å². The molecule has 2 aliphatic rings. The minimum atomic E-state index is -0.0203. The quantitative estimate of drug-likeness (QED) is 0.540. The molecule has 2 aromatic carbocycles. The molecule has 1 aromatic heterocycles. The third-order valence-corrected chi connectivity index (χ3v) is 7.91. The van der Waals surface area contributed by atoms with Gasteiger partial charge < -0.3 is 19.7 Å². The third-order valence-electron chi connectivity index (χ3n) is 7.35. The number of anilines is 1. The maximum atomic E-state index is 13.1. The zero-order chi connectivity index (χ0) is 24.0. The first-order valence-electron chi connectivity index (χ1n) is 12.1.